The van der Waals surface area contributed by atoms with Crippen LogP contribution in [0.5, 0.6) is 0 Å². The third-order valence-corrected chi connectivity index (χ3v) is 2.02. The first-order valence-electron chi connectivity index (χ1n) is 3.35. The summed E-state index contributed by atoms with van der Waals surface area (Å²) in [7, 11) is 0. The number of hydrogen-bond donors (Lipinski definition) is 0. The Morgan fingerprint density at radius 3 is 2.90 bits per heavy atom. The molecular weight excluding hydrogens is 192 g/mol. The van der Waals surface area contributed by atoms with Crippen molar-refractivity contribution in [2.45, 2.75) is 18.8 Å². The highest BCUT2D eigenvalue weighted by molar-refractivity contribution is 9.10. The normalized spacial score (nSPS) is 17.3. The molecule has 2 nitrogen and oxygen atoms in total. The Balaban J connectivity index is 2.32. The lowest BCUT2D eigenvalue weighted by molar-refractivity contribution is 0.915. The predicted molar refractivity (Wildman–Crippen MR) is 41.7 cm³/mol. The fourth-order valence-electron chi connectivity index (χ4n) is 0.889. The van der Waals surface area contributed by atoms with Crippen molar-refractivity contribution in [2.24, 2.45) is 0 Å². The van der Waals surface area contributed by atoms with E-state index in [4.69, 9.17) is 0 Å². The molecule has 1 aliphatic rings. The van der Waals surface area contributed by atoms with Gasteiger partial charge in [0.05, 0.1) is 0 Å². The van der Waals surface area contributed by atoms with Crippen molar-refractivity contribution in [2.75, 3.05) is 0 Å². The monoisotopic (exact) mass is 198 g/mol. The van der Waals surface area contributed by atoms with Crippen LogP contribution in [-0.4, -0.2) is 9.97 Å². The zero-order valence-corrected chi connectivity index (χ0v) is 7.00. The Morgan fingerprint density at radius 2 is 2.30 bits per heavy atom. The summed E-state index contributed by atoms with van der Waals surface area (Å²) < 4.78 is 0.893. The molecule has 1 aromatic rings. The van der Waals surface area contributed by atoms with Gasteiger partial charge in [-0.1, -0.05) is 0 Å². The van der Waals surface area contributed by atoms with Crippen molar-refractivity contribution >= 4 is 15.9 Å². The van der Waals surface area contributed by atoms with E-state index in [1.165, 1.54) is 12.8 Å². The van der Waals surface area contributed by atoms with Gasteiger partial charge in [0.1, 0.15) is 10.4 Å². The summed E-state index contributed by atoms with van der Waals surface area (Å²) in [6, 6.07) is 1.85. The number of halogens is 1. The highest BCUT2D eigenvalue weighted by Crippen LogP contribution is 2.37. The van der Waals surface area contributed by atoms with Gasteiger partial charge in [-0.2, -0.15) is 0 Å². The molecule has 3 heteroatoms. The molecule has 0 N–H and O–H groups in total. The Morgan fingerprint density at radius 1 is 1.50 bits per heavy atom. The van der Waals surface area contributed by atoms with Gasteiger partial charge in [-0.3, -0.25) is 0 Å². The highest BCUT2D eigenvalue weighted by atomic mass is 79.9. The van der Waals surface area contributed by atoms with E-state index >= 15 is 0 Å². The molecule has 1 aromatic heterocycles. The number of nitrogens with zero attached hydrogens (tertiary/aromatic N) is 2. The van der Waals surface area contributed by atoms with Gasteiger partial charge in [-0.15, -0.1) is 0 Å². The van der Waals surface area contributed by atoms with Crippen LogP contribution in [0.3, 0.4) is 0 Å². The summed E-state index contributed by atoms with van der Waals surface area (Å²) in [6.45, 7) is 0. The quantitative estimate of drug-likeness (QED) is 0.647. The average Bonchev–Trinajstić information content (AvgIpc) is 2.68. The molecule has 0 unspecified atom stereocenters. The minimum atomic E-state index is 0.650. The van der Waals surface area contributed by atoms with Crippen molar-refractivity contribution in [3.05, 3.63) is 22.7 Å². The first kappa shape index (κ1) is 6.28. The maximum Gasteiger partial charge on any atom is 0.132 e. The molecule has 1 heterocycles. The lowest BCUT2D eigenvalue weighted by Crippen LogP contribution is -1.90. The van der Waals surface area contributed by atoms with Crippen LogP contribution in [-0.2, 0) is 0 Å². The topological polar surface area (TPSA) is 25.8 Å². The van der Waals surface area contributed by atoms with Gasteiger partial charge in [0.15, 0.2) is 0 Å². The molecule has 52 valence electrons. The van der Waals surface area contributed by atoms with Crippen LogP contribution in [0.15, 0.2) is 16.9 Å². The zero-order valence-electron chi connectivity index (χ0n) is 5.42. The van der Waals surface area contributed by atoms with E-state index in [1.807, 2.05) is 6.07 Å². The number of aromatic nitrogens is 2. The van der Waals surface area contributed by atoms with E-state index in [0.29, 0.717) is 5.92 Å². The molecule has 2 rings (SSSR count). The lowest BCUT2D eigenvalue weighted by Gasteiger charge is -1.93. The second kappa shape index (κ2) is 2.31. The van der Waals surface area contributed by atoms with Crippen LogP contribution in [0.2, 0.25) is 0 Å². The van der Waals surface area contributed by atoms with Gasteiger partial charge in [0.2, 0.25) is 0 Å². The Bertz CT molecular complexity index is 245. The fraction of sp³-hybridized carbons (Fsp3) is 0.429. The largest absolute Gasteiger partial charge is 0.241 e. The molecule has 10 heavy (non-hydrogen) atoms. The van der Waals surface area contributed by atoms with E-state index in [1.54, 1.807) is 6.20 Å². The van der Waals surface area contributed by atoms with E-state index in [9.17, 15) is 0 Å². The summed E-state index contributed by atoms with van der Waals surface area (Å²) in [6.07, 6.45) is 4.32. The third kappa shape index (κ3) is 1.19. The van der Waals surface area contributed by atoms with E-state index in [-0.39, 0.29) is 0 Å². The standard InChI is InChI=1S/C7H7BrN2/c8-6-3-4-9-7(10-6)5-1-2-5/h3-5H,1-2H2. The summed E-state index contributed by atoms with van der Waals surface area (Å²) in [5.74, 6) is 1.65. The summed E-state index contributed by atoms with van der Waals surface area (Å²) in [5.41, 5.74) is 0. The minimum absolute atomic E-state index is 0.650. The fourth-order valence-corrected chi connectivity index (χ4v) is 1.19. The lowest BCUT2D eigenvalue weighted by atomic mass is 10.4. The molecule has 0 aliphatic heterocycles. The van der Waals surface area contributed by atoms with Crippen LogP contribution >= 0.6 is 15.9 Å². The molecule has 1 saturated carbocycles. The van der Waals surface area contributed by atoms with Crippen molar-refractivity contribution in [3.63, 3.8) is 0 Å². The van der Waals surface area contributed by atoms with Crippen LogP contribution in [0.25, 0.3) is 0 Å². The van der Waals surface area contributed by atoms with E-state index < -0.39 is 0 Å². The smallest absolute Gasteiger partial charge is 0.132 e. The van der Waals surface area contributed by atoms with Gasteiger partial charge < -0.3 is 0 Å². The van der Waals surface area contributed by atoms with Crippen molar-refractivity contribution in [3.8, 4) is 0 Å². The molecule has 1 aliphatic carbocycles. The van der Waals surface area contributed by atoms with Crippen LogP contribution in [0.4, 0.5) is 0 Å². The van der Waals surface area contributed by atoms with Gasteiger partial charge >= 0.3 is 0 Å². The van der Waals surface area contributed by atoms with Crippen molar-refractivity contribution in [1.29, 1.82) is 0 Å². The molecule has 0 bridgehead atoms. The third-order valence-electron chi connectivity index (χ3n) is 1.58. The number of hydrogen-bond acceptors (Lipinski definition) is 2. The molecule has 0 spiro atoms. The number of rotatable bonds is 1. The molecule has 0 radical (unpaired) electrons. The van der Waals surface area contributed by atoms with Gasteiger partial charge in [0.25, 0.3) is 0 Å². The van der Waals surface area contributed by atoms with Crippen molar-refractivity contribution in [1.82, 2.24) is 9.97 Å². The van der Waals surface area contributed by atoms with Gasteiger partial charge in [-0.05, 0) is 34.8 Å². The zero-order chi connectivity index (χ0) is 6.97. The maximum atomic E-state index is 4.24. The first-order chi connectivity index (χ1) is 4.86. The molecule has 0 amide bonds. The minimum Gasteiger partial charge on any atom is -0.241 e. The first-order valence-corrected chi connectivity index (χ1v) is 4.14. The Hall–Kier alpha value is -0.440. The molecule has 0 aromatic carbocycles. The predicted octanol–water partition coefficient (Wildman–Crippen LogP) is 2.12. The molecular formula is C7H7BrN2. The second-order valence-corrected chi connectivity index (χ2v) is 3.32. The van der Waals surface area contributed by atoms with Crippen LogP contribution in [0.1, 0.15) is 24.6 Å². The van der Waals surface area contributed by atoms with E-state index in [0.717, 1.165) is 10.4 Å². The van der Waals surface area contributed by atoms with Gasteiger partial charge in [0, 0.05) is 12.1 Å². The molecule has 1 fully saturated rings. The maximum absolute atomic E-state index is 4.24. The summed E-state index contributed by atoms with van der Waals surface area (Å²) in [4.78, 5) is 8.40. The van der Waals surface area contributed by atoms with Crippen molar-refractivity contribution < 1.29 is 0 Å². The summed E-state index contributed by atoms with van der Waals surface area (Å²) >= 11 is 3.31. The SMILES string of the molecule is Brc1ccnc(C2CC2)n1. The van der Waals surface area contributed by atoms with Gasteiger partial charge in [-0.25, -0.2) is 9.97 Å². The second-order valence-electron chi connectivity index (χ2n) is 2.51. The summed E-state index contributed by atoms with van der Waals surface area (Å²) in [5, 5.41) is 0. The Kier molecular flexibility index (Phi) is 1.45. The average molecular weight is 199 g/mol. The Labute approximate surface area is 67.8 Å². The van der Waals surface area contributed by atoms with E-state index in [2.05, 4.69) is 25.9 Å². The highest BCUT2D eigenvalue weighted by Gasteiger charge is 2.26. The van der Waals surface area contributed by atoms with Crippen LogP contribution in [0, 0.1) is 0 Å². The molecule has 0 saturated heterocycles. The molecule has 0 atom stereocenters. The van der Waals surface area contributed by atoms with Crippen LogP contribution < -0.4 is 0 Å².